The van der Waals surface area contributed by atoms with Crippen molar-refractivity contribution in [2.24, 2.45) is 0 Å². The van der Waals surface area contributed by atoms with Gasteiger partial charge in [0, 0.05) is 19.5 Å². The summed E-state index contributed by atoms with van der Waals surface area (Å²) in [6.07, 6.45) is 0.878. The van der Waals surface area contributed by atoms with E-state index in [1.54, 1.807) is 18.9 Å². The number of benzene rings is 2. The third-order valence-electron chi connectivity index (χ3n) is 4.85. The van der Waals surface area contributed by atoms with Crippen LogP contribution in [0.15, 0.2) is 48.5 Å². The Morgan fingerprint density at radius 2 is 1.67 bits per heavy atom. The summed E-state index contributed by atoms with van der Waals surface area (Å²) in [5.74, 6) is 1.29. The summed E-state index contributed by atoms with van der Waals surface area (Å²) in [4.78, 5) is 26.9. The zero-order valence-electron chi connectivity index (χ0n) is 18.3. The number of likely N-dealkylation sites (N-methyl/N-ethyl adjacent to an activating group) is 1. The molecule has 0 heterocycles. The number of methoxy groups -OCH3 is 1. The van der Waals surface area contributed by atoms with Gasteiger partial charge in [0.05, 0.1) is 13.7 Å². The molecule has 2 rings (SSSR count). The van der Waals surface area contributed by atoms with Crippen molar-refractivity contribution in [2.45, 2.75) is 46.2 Å². The van der Waals surface area contributed by atoms with Crippen molar-refractivity contribution in [3.05, 3.63) is 59.7 Å². The lowest BCUT2D eigenvalue weighted by atomic mass is 10.1. The SMILES string of the molecule is CCNC(=O)[C@@H](C)N(Cc1ccc(C)cc1)C(=O)CCCOc1ccc(OC)cc1. The molecule has 2 amide bonds. The van der Waals surface area contributed by atoms with Gasteiger partial charge in [0.15, 0.2) is 0 Å². The standard InChI is InChI=1S/C24H32N2O4/c1-5-25-24(28)19(3)26(17-20-10-8-18(2)9-11-20)23(27)7-6-16-30-22-14-12-21(29-4)13-15-22/h8-15,19H,5-7,16-17H2,1-4H3,(H,25,28)/t19-/m1/s1. The molecule has 0 radical (unpaired) electrons. The average Bonchev–Trinajstić information content (AvgIpc) is 2.76. The molecule has 0 aromatic heterocycles. The summed E-state index contributed by atoms with van der Waals surface area (Å²) < 4.78 is 10.8. The van der Waals surface area contributed by atoms with Gasteiger partial charge in [-0.2, -0.15) is 0 Å². The van der Waals surface area contributed by atoms with E-state index in [0.717, 1.165) is 22.6 Å². The highest BCUT2D eigenvalue weighted by molar-refractivity contribution is 5.87. The molecule has 6 heteroatoms. The summed E-state index contributed by atoms with van der Waals surface area (Å²) >= 11 is 0. The van der Waals surface area contributed by atoms with Crippen molar-refractivity contribution < 1.29 is 19.1 Å². The van der Waals surface area contributed by atoms with Crippen LogP contribution in [0.5, 0.6) is 11.5 Å². The first kappa shape index (κ1) is 23.3. The average molecular weight is 413 g/mol. The lowest BCUT2D eigenvalue weighted by Crippen LogP contribution is -2.47. The Bertz CT molecular complexity index is 803. The van der Waals surface area contributed by atoms with Crippen LogP contribution in [0, 0.1) is 6.92 Å². The van der Waals surface area contributed by atoms with Crippen LogP contribution in [0.4, 0.5) is 0 Å². The number of ether oxygens (including phenoxy) is 2. The van der Waals surface area contributed by atoms with Crippen LogP contribution in [0.25, 0.3) is 0 Å². The molecule has 30 heavy (non-hydrogen) atoms. The number of hydrogen-bond donors (Lipinski definition) is 1. The Labute approximate surface area is 179 Å². The highest BCUT2D eigenvalue weighted by Crippen LogP contribution is 2.18. The lowest BCUT2D eigenvalue weighted by molar-refractivity contribution is -0.140. The molecular formula is C24H32N2O4. The minimum atomic E-state index is -0.541. The second-order valence-electron chi connectivity index (χ2n) is 7.21. The molecule has 0 spiro atoms. The molecule has 2 aromatic carbocycles. The fourth-order valence-electron chi connectivity index (χ4n) is 3.02. The quantitative estimate of drug-likeness (QED) is 0.571. The van der Waals surface area contributed by atoms with Crippen molar-refractivity contribution in [2.75, 3.05) is 20.3 Å². The van der Waals surface area contributed by atoms with Crippen LogP contribution >= 0.6 is 0 Å². The number of carbonyl (C=O) groups excluding carboxylic acids is 2. The van der Waals surface area contributed by atoms with Gasteiger partial charge < -0.3 is 19.7 Å². The van der Waals surface area contributed by atoms with Crippen LogP contribution in [-0.2, 0) is 16.1 Å². The summed E-state index contributed by atoms with van der Waals surface area (Å²) in [6, 6.07) is 14.8. The minimum absolute atomic E-state index is 0.0624. The molecule has 0 unspecified atom stereocenters. The number of rotatable bonds is 11. The van der Waals surface area contributed by atoms with Crippen LogP contribution in [0.3, 0.4) is 0 Å². The summed E-state index contributed by atoms with van der Waals surface area (Å²) in [5.41, 5.74) is 2.16. The molecule has 0 aliphatic carbocycles. The predicted octanol–water partition coefficient (Wildman–Crippen LogP) is 3.72. The maximum atomic E-state index is 12.9. The fourth-order valence-corrected chi connectivity index (χ4v) is 3.02. The van der Waals surface area contributed by atoms with Gasteiger partial charge in [-0.3, -0.25) is 9.59 Å². The van der Waals surface area contributed by atoms with Crippen molar-refractivity contribution in [1.82, 2.24) is 10.2 Å². The molecule has 0 saturated carbocycles. The Hall–Kier alpha value is -3.02. The van der Waals surface area contributed by atoms with Crippen molar-refractivity contribution >= 4 is 11.8 Å². The summed E-state index contributed by atoms with van der Waals surface area (Å²) in [6.45, 7) is 7.01. The van der Waals surface area contributed by atoms with E-state index in [1.165, 1.54) is 0 Å². The van der Waals surface area contributed by atoms with E-state index in [0.29, 0.717) is 32.5 Å². The van der Waals surface area contributed by atoms with Crippen LogP contribution < -0.4 is 14.8 Å². The van der Waals surface area contributed by atoms with Gasteiger partial charge in [-0.15, -0.1) is 0 Å². The maximum Gasteiger partial charge on any atom is 0.242 e. The molecule has 1 atom stereocenters. The molecule has 2 aromatic rings. The van der Waals surface area contributed by atoms with Crippen molar-refractivity contribution in [1.29, 1.82) is 0 Å². The lowest BCUT2D eigenvalue weighted by Gasteiger charge is -2.29. The number of aryl methyl sites for hydroxylation is 1. The zero-order chi connectivity index (χ0) is 21.9. The van der Waals surface area contributed by atoms with Gasteiger partial charge in [-0.05, 0) is 57.0 Å². The molecule has 0 saturated heterocycles. The van der Waals surface area contributed by atoms with E-state index in [-0.39, 0.29) is 11.8 Å². The third kappa shape index (κ3) is 7.10. The molecule has 162 valence electrons. The number of nitrogens with zero attached hydrogens (tertiary/aromatic N) is 1. The number of nitrogens with one attached hydrogen (secondary N) is 1. The Balaban J connectivity index is 1.94. The Kier molecular flexibility index (Phi) is 9.19. The Morgan fingerprint density at radius 3 is 2.27 bits per heavy atom. The molecule has 6 nitrogen and oxygen atoms in total. The van der Waals surface area contributed by atoms with Gasteiger partial charge >= 0.3 is 0 Å². The highest BCUT2D eigenvalue weighted by atomic mass is 16.5. The van der Waals surface area contributed by atoms with Crippen molar-refractivity contribution in [3.8, 4) is 11.5 Å². The second kappa shape index (κ2) is 11.9. The molecule has 0 aliphatic rings. The monoisotopic (exact) mass is 412 g/mol. The number of amides is 2. The van der Waals surface area contributed by atoms with E-state index in [4.69, 9.17) is 9.47 Å². The first-order chi connectivity index (χ1) is 14.4. The largest absolute Gasteiger partial charge is 0.497 e. The molecule has 0 fully saturated rings. The molecule has 0 aliphatic heterocycles. The van der Waals surface area contributed by atoms with E-state index in [1.807, 2.05) is 62.4 Å². The molecule has 1 N–H and O–H groups in total. The summed E-state index contributed by atoms with van der Waals surface area (Å²) in [5, 5.41) is 2.81. The van der Waals surface area contributed by atoms with Gasteiger partial charge in [0.1, 0.15) is 17.5 Å². The first-order valence-corrected chi connectivity index (χ1v) is 10.3. The van der Waals surface area contributed by atoms with Crippen LogP contribution in [0.2, 0.25) is 0 Å². The smallest absolute Gasteiger partial charge is 0.242 e. The van der Waals surface area contributed by atoms with E-state index >= 15 is 0 Å². The summed E-state index contributed by atoms with van der Waals surface area (Å²) in [7, 11) is 1.62. The van der Waals surface area contributed by atoms with Crippen LogP contribution in [-0.4, -0.2) is 43.0 Å². The highest BCUT2D eigenvalue weighted by Gasteiger charge is 2.25. The first-order valence-electron chi connectivity index (χ1n) is 10.3. The normalized spacial score (nSPS) is 11.5. The topological polar surface area (TPSA) is 67.9 Å². The predicted molar refractivity (Wildman–Crippen MR) is 118 cm³/mol. The number of hydrogen-bond acceptors (Lipinski definition) is 4. The van der Waals surface area contributed by atoms with Gasteiger partial charge in [0.25, 0.3) is 0 Å². The van der Waals surface area contributed by atoms with E-state index in [9.17, 15) is 9.59 Å². The number of carbonyl (C=O) groups is 2. The van der Waals surface area contributed by atoms with Crippen molar-refractivity contribution in [3.63, 3.8) is 0 Å². The van der Waals surface area contributed by atoms with Gasteiger partial charge in [0.2, 0.25) is 11.8 Å². The van der Waals surface area contributed by atoms with Crippen LogP contribution in [0.1, 0.15) is 37.8 Å². The Morgan fingerprint density at radius 1 is 1.03 bits per heavy atom. The molecule has 0 bridgehead atoms. The fraction of sp³-hybridized carbons (Fsp3) is 0.417. The van der Waals surface area contributed by atoms with Gasteiger partial charge in [-0.25, -0.2) is 0 Å². The van der Waals surface area contributed by atoms with E-state index < -0.39 is 6.04 Å². The second-order valence-corrected chi connectivity index (χ2v) is 7.21. The minimum Gasteiger partial charge on any atom is -0.497 e. The molecular weight excluding hydrogens is 380 g/mol. The third-order valence-corrected chi connectivity index (χ3v) is 4.85. The zero-order valence-corrected chi connectivity index (χ0v) is 18.3. The van der Waals surface area contributed by atoms with E-state index in [2.05, 4.69) is 5.32 Å². The maximum absolute atomic E-state index is 12.9. The van der Waals surface area contributed by atoms with Gasteiger partial charge in [-0.1, -0.05) is 29.8 Å².